The Morgan fingerprint density at radius 1 is 1.03 bits per heavy atom. The van der Waals surface area contributed by atoms with E-state index < -0.39 is 0 Å². The second-order valence-corrected chi connectivity index (χ2v) is 10.2. The molecule has 6 aromatic rings. The number of hydrogen-bond donors (Lipinski definition) is 3. The van der Waals surface area contributed by atoms with Crippen molar-refractivity contribution in [3.63, 3.8) is 0 Å². The largest absolute Gasteiger partial charge is 0.336 e. The van der Waals surface area contributed by atoms with Gasteiger partial charge in [0.2, 0.25) is 5.91 Å². The maximum Gasteiger partial charge on any atom is 0.226 e. The number of fused-ring (bicyclic) bond motifs is 2. The van der Waals surface area contributed by atoms with Crippen LogP contribution in [-0.2, 0) is 4.79 Å². The maximum atomic E-state index is 12.1. The van der Waals surface area contributed by atoms with Gasteiger partial charge in [-0.15, -0.1) is 11.3 Å². The number of hydrogen-bond acceptors (Lipinski definition) is 7. The molecular formula is C25H19ClN8OS. The molecule has 0 spiro atoms. The molecule has 0 aromatic carbocycles. The molecule has 36 heavy (non-hydrogen) atoms. The second-order valence-electron chi connectivity index (χ2n) is 8.52. The monoisotopic (exact) mass is 514 g/mol. The summed E-state index contributed by atoms with van der Waals surface area (Å²) in [6, 6.07) is 11.3. The van der Waals surface area contributed by atoms with Crippen molar-refractivity contribution < 1.29 is 4.79 Å². The number of amides is 1. The molecule has 9 nitrogen and oxygen atoms in total. The molecule has 0 aliphatic rings. The van der Waals surface area contributed by atoms with E-state index >= 15 is 0 Å². The van der Waals surface area contributed by atoms with E-state index in [1.165, 1.54) is 11.3 Å². The summed E-state index contributed by atoms with van der Waals surface area (Å²) in [4.78, 5) is 34.9. The standard InChI is InChI=1S/C25H19ClN8OS/c1-12(2)25(35)29-14-9-13(10-27-11-14)15-3-4-17-21(30-15)23(34-33-17)24-31-16-7-8-28-22(20(16)32-24)18-5-6-19(26)36-18/h3-12H,1-2H3,(H,29,35)(H,31,32)(H,33,34). The molecule has 0 bridgehead atoms. The van der Waals surface area contributed by atoms with Crippen LogP contribution in [0.1, 0.15) is 13.8 Å². The first-order chi connectivity index (χ1) is 17.5. The lowest BCUT2D eigenvalue weighted by molar-refractivity contribution is -0.118. The zero-order valence-corrected chi connectivity index (χ0v) is 20.8. The van der Waals surface area contributed by atoms with Crippen LogP contribution in [0, 0.1) is 5.92 Å². The summed E-state index contributed by atoms with van der Waals surface area (Å²) >= 11 is 7.60. The number of anilines is 1. The van der Waals surface area contributed by atoms with Gasteiger partial charge in [0.15, 0.2) is 11.5 Å². The number of H-pyrrole nitrogens is 2. The minimum Gasteiger partial charge on any atom is -0.336 e. The summed E-state index contributed by atoms with van der Waals surface area (Å²) in [6.45, 7) is 3.68. The number of thiophene rings is 1. The number of carbonyl (C=O) groups is 1. The number of aromatic nitrogens is 7. The predicted octanol–water partition coefficient (Wildman–Crippen LogP) is 5.93. The molecule has 0 saturated carbocycles. The van der Waals surface area contributed by atoms with Crippen LogP contribution >= 0.6 is 22.9 Å². The molecule has 3 N–H and O–H groups in total. The summed E-state index contributed by atoms with van der Waals surface area (Å²) in [5, 5.41) is 10.4. The van der Waals surface area contributed by atoms with Gasteiger partial charge in [-0.25, -0.2) is 9.97 Å². The third-order valence-electron chi connectivity index (χ3n) is 5.67. The lowest BCUT2D eigenvalue weighted by atomic mass is 10.1. The van der Waals surface area contributed by atoms with Crippen molar-refractivity contribution in [1.29, 1.82) is 0 Å². The quantitative estimate of drug-likeness (QED) is 0.261. The van der Waals surface area contributed by atoms with Gasteiger partial charge in [-0.05, 0) is 36.4 Å². The average Bonchev–Trinajstić information content (AvgIpc) is 3.61. The molecule has 0 fully saturated rings. The van der Waals surface area contributed by atoms with E-state index in [9.17, 15) is 4.79 Å². The highest BCUT2D eigenvalue weighted by atomic mass is 35.5. The first-order valence-electron chi connectivity index (χ1n) is 11.2. The normalized spacial score (nSPS) is 11.6. The van der Waals surface area contributed by atoms with Crippen molar-refractivity contribution in [2.45, 2.75) is 13.8 Å². The molecule has 1 amide bonds. The summed E-state index contributed by atoms with van der Waals surface area (Å²) < 4.78 is 0.692. The fourth-order valence-corrected chi connectivity index (χ4v) is 4.87. The van der Waals surface area contributed by atoms with Crippen LogP contribution in [-0.4, -0.2) is 41.0 Å². The Labute approximate surface area is 214 Å². The first-order valence-corrected chi connectivity index (χ1v) is 12.4. The molecule has 0 radical (unpaired) electrons. The molecule has 0 saturated heterocycles. The molecule has 6 heterocycles. The minimum atomic E-state index is -0.132. The van der Waals surface area contributed by atoms with Crippen LogP contribution in [0.4, 0.5) is 5.69 Å². The Balaban J connectivity index is 1.41. The molecule has 178 valence electrons. The predicted molar refractivity (Wildman–Crippen MR) is 142 cm³/mol. The number of rotatable bonds is 5. The van der Waals surface area contributed by atoms with Gasteiger partial charge in [-0.2, -0.15) is 5.10 Å². The fraction of sp³-hybridized carbons (Fsp3) is 0.120. The number of aromatic amines is 2. The van der Waals surface area contributed by atoms with E-state index in [1.54, 1.807) is 18.6 Å². The molecular weight excluding hydrogens is 496 g/mol. The van der Waals surface area contributed by atoms with Gasteiger partial charge in [0.1, 0.15) is 16.7 Å². The van der Waals surface area contributed by atoms with Gasteiger partial charge in [0, 0.05) is 23.9 Å². The van der Waals surface area contributed by atoms with Crippen LogP contribution in [0.3, 0.4) is 0 Å². The highest BCUT2D eigenvalue weighted by Crippen LogP contribution is 2.35. The van der Waals surface area contributed by atoms with Crippen LogP contribution in [0.2, 0.25) is 4.34 Å². The molecule has 0 unspecified atom stereocenters. The van der Waals surface area contributed by atoms with Crippen molar-refractivity contribution in [2.75, 3.05) is 5.32 Å². The zero-order valence-electron chi connectivity index (χ0n) is 19.2. The van der Waals surface area contributed by atoms with Crippen LogP contribution in [0.25, 0.3) is 55.4 Å². The Bertz CT molecular complexity index is 1750. The van der Waals surface area contributed by atoms with Crippen molar-refractivity contribution >= 4 is 56.6 Å². The van der Waals surface area contributed by atoms with Gasteiger partial charge in [0.25, 0.3) is 0 Å². The molecule has 6 aromatic heterocycles. The molecule has 6 rings (SSSR count). The molecule has 0 aliphatic heterocycles. The summed E-state index contributed by atoms with van der Waals surface area (Å²) in [5.74, 6) is 0.375. The lowest BCUT2D eigenvalue weighted by Gasteiger charge is -2.08. The number of halogens is 1. The van der Waals surface area contributed by atoms with E-state index in [-0.39, 0.29) is 11.8 Å². The minimum absolute atomic E-state index is 0.0713. The van der Waals surface area contributed by atoms with Crippen LogP contribution in [0.15, 0.2) is 55.0 Å². The van der Waals surface area contributed by atoms with E-state index in [0.717, 1.165) is 32.7 Å². The maximum absolute atomic E-state index is 12.1. The smallest absolute Gasteiger partial charge is 0.226 e. The Morgan fingerprint density at radius 2 is 1.89 bits per heavy atom. The van der Waals surface area contributed by atoms with Gasteiger partial charge in [0.05, 0.1) is 37.8 Å². The van der Waals surface area contributed by atoms with Crippen molar-refractivity contribution in [3.8, 4) is 33.3 Å². The first kappa shape index (κ1) is 22.3. The van der Waals surface area contributed by atoms with Gasteiger partial charge < -0.3 is 10.3 Å². The van der Waals surface area contributed by atoms with E-state index in [2.05, 4.69) is 30.5 Å². The second kappa shape index (κ2) is 8.81. The third-order valence-corrected chi connectivity index (χ3v) is 6.90. The topological polar surface area (TPSA) is 125 Å². The molecule has 0 aliphatic carbocycles. The third kappa shape index (κ3) is 4.00. The van der Waals surface area contributed by atoms with E-state index in [1.807, 2.05) is 50.2 Å². The number of nitrogens with zero attached hydrogens (tertiary/aromatic N) is 5. The Hall–Kier alpha value is -4.15. The lowest BCUT2D eigenvalue weighted by Crippen LogP contribution is -2.17. The van der Waals surface area contributed by atoms with Gasteiger partial charge in [-0.1, -0.05) is 25.4 Å². The van der Waals surface area contributed by atoms with E-state index in [4.69, 9.17) is 21.6 Å². The van der Waals surface area contributed by atoms with Crippen molar-refractivity contribution in [2.24, 2.45) is 5.92 Å². The Morgan fingerprint density at radius 3 is 2.69 bits per heavy atom. The molecule has 0 atom stereocenters. The molecule has 11 heteroatoms. The number of carbonyl (C=O) groups excluding carboxylic acids is 1. The highest BCUT2D eigenvalue weighted by Gasteiger charge is 2.18. The van der Waals surface area contributed by atoms with Crippen molar-refractivity contribution in [1.82, 2.24) is 35.1 Å². The fourth-order valence-electron chi connectivity index (χ4n) is 3.83. The number of pyridine rings is 3. The van der Waals surface area contributed by atoms with Gasteiger partial charge in [-0.3, -0.25) is 19.9 Å². The van der Waals surface area contributed by atoms with Crippen molar-refractivity contribution in [3.05, 3.63) is 59.3 Å². The van der Waals surface area contributed by atoms with Gasteiger partial charge >= 0.3 is 0 Å². The van der Waals surface area contributed by atoms with Crippen LogP contribution in [0.5, 0.6) is 0 Å². The summed E-state index contributed by atoms with van der Waals surface area (Å²) in [5.41, 5.74) is 6.45. The zero-order chi connectivity index (χ0) is 24.8. The number of imidazole rings is 1. The average molecular weight is 515 g/mol. The Kier molecular flexibility index (Phi) is 5.46. The number of nitrogens with one attached hydrogen (secondary N) is 3. The summed E-state index contributed by atoms with van der Waals surface area (Å²) in [6.07, 6.45) is 5.07. The van der Waals surface area contributed by atoms with E-state index in [0.29, 0.717) is 32.8 Å². The van der Waals surface area contributed by atoms with Crippen LogP contribution < -0.4 is 5.32 Å². The SMILES string of the molecule is CC(C)C(=O)Nc1cncc(-c2ccc3[nH]nc(-c4nc5c(-c6ccc(Cl)s6)nccc5[nH]4)c3n2)c1. The summed E-state index contributed by atoms with van der Waals surface area (Å²) in [7, 11) is 0. The highest BCUT2D eigenvalue weighted by molar-refractivity contribution is 7.19.